The van der Waals surface area contributed by atoms with Crippen LogP contribution in [0.1, 0.15) is 23.1 Å². The van der Waals surface area contributed by atoms with Crippen molar-refractivity contribution in [1.29, 1.82) is 0 Å². The molecule has 0 bridgehead atoms. The number of rotatable bonds is 6. The van der Waals surface area contributed by atoms with Gasteiger partial charge in [-0.3, -0.25) is 9.48 Å². The van der Waals surface area contributed by atoms with Crippen molar-refractivity contribution < 1.29 is 9.53 Å². The highest BCUT2D eigenvalue weighted by atomic mass is 16.5. The van der Waals surface area contributed by atoms with E-state index in [2.05, 4.69) is 17.0 Å². The molecular formula is C12H20N4O2. The first kappa shape index (κ1) is 14.2. The Labute approximate surface area is 107 Å². The lowest BCUT2D eigenvalue weighted by molar-refractivity contribution is 0.0918. The summed E-state index contributed by atoms with van der Waals surface area (Å²) in [7, 11) is 1.69. The van der Waals surface area contributed by atoms with E-state index >= 15 is 0 Å². The zero-order valence-electron chi connectivity index (χ0n) is 11.1. The number of nitrogen functional groups attached to an aromatic ring is 1. The molecule has 0 unspecified atom stereocenters. The summed E-state index contributed by atoms with van der Waals surface area (Å²) in [5, 5.41) is 6.82. The van der Waals surface area contributed by atoms with Crippen LogP contribution in [0.25, 0.3) is 0 Å². The molecule has 1 aromatic rings. The maximum Gasteiger partial charge on any atom is 0.271 e. The van der Waals surface area contributed by atoms with Gasteiger partial charge in [-0.1, -0.05) is 12.2 Å². The number of nitrogens with zero attached hydrogens (tertiary/aromatic N) is 2. The van der Waals surface area contributed by atoms with Crippen LogP contribution in [0.4, 0.5) is 5.69 Å². The first-order valence-electron chi connectivity index (χ1n) is 5.73. The topological polar surface area (TPSA) is 82.2 Å². The zero-order chi connectivity index (χ0) is 13.7. The van der Waals surface area contributed by atoms with Crippen LogP contribution in [0, 0.1) is 6.92 Å². The summed E-state index contributed by atoms with van der Waals surface area (Å²) >= 11 is 0. The van der Waals surface area contributed by atoms with Crippen LogP contribution in [0.5, 0.6) is 0 Å². The molecule has 1 aromatic heterocycles. The van der Waals surface area contributed by atoms with Crippen molar-refractivity contribution in [3.8, 4) is 0 Å². The number of amides is 1. The minimum atomic E-state index is -0.241. The molecule has 0 aromatic carbocycles. The predicted octanol–water partition coefficient (Wildman–Crippen LogP) is 0.633. The van der Waals surface area contributed by atoms with Crippen LogP contribution < -0.4 is 11.1 Å². The molecule has 0 aliphatic heterocycles. The lowest BCUT2D eigenvalue weighted by Crippen LogP contribution is -2.29. The number of nitrogens with one attached hydrogen (secondary N) is 1. The summed E-state index contributed by atoms with van der Waals surface area (Å²) in [4.78, 5) is 11.9. The van der Waals surface area contributed by atoms with Crippen LogP contribution >= 0.6 is 0 Å². The molecule has 0 radical (unpaired) electrons. The van der Waals surface area contributed by atoms with E-state index in [-0.39, 0.29) is 5.91 Å². The number of anilines is 1. The Hall–Kier alpha value is -1.82. The molecule has 0 spiro atoms. The highest BCUT2D eigenvalue weighted by Gasteiger charge is 2.17. The fourth-order valence-electron chi connectivity index (χ4n) is 1.51. The molecule has 0 saturated carbocycles. The van der Waals surface area contributed by atoms with Gasteiger partial charge in [0.1, 0.15) is 5.69 Å². The van der Waals surface area contributed by atoms with Gasteiger partial charge in [0.05, 0.1) is 24.6 Å². The quantitative estimate of drug-likeness (QED) is 0.575. The van der Waals surface area contributed by atoms with E-state index in [1.807, 2.05) is 6.92 Å². The monoisotopic (exact) mass is 252 g/mol. The SMILES string of the molecule is C=C(C)COCCNC(=O)c1c(N)c(C)nn1C. The summed E-state index contributed by atoms with van der Waals surface area (Å²) in [6, 6.07) is 0. The summed E-state index contributed by atoms with van der Waals surface area (Å²) in [5.74, 6) is -0.241. The summed E-state index contributed by atoms with van der Waals surface area (Å²) < 4.78 is 6.76. The van der Waals surface area contributed by atoms with Gasteiger partial charge in [0.25, 0.3) is 5.91 Å². The molecule has 0 saturated heterocycles. The second-order valence-corrected chi connectivity index (χ2v) is 4.24. The second-order valence-electron chi connectivity index (χ2n) is 4.24. The largest absolute Gasteiger partial charge is 0.395 e. The third-order valence-corrected chi connectivity index (χ3v) is 2.36. The maximum atomic E-state index is 11.9. The van der Waals surface area contributed by atoms with Crippen LogP contribution in [-0.4, -0.2) is 35.4 Å². The van der Waals surface area contributed by atoms with Gasteiger partial charge in [0.15, 0.2) is 0 Å². The number of ether oxygens (including phenoxy) is 1. The van der Waals surface area contributed by atoms with E-state index in [0.29, 0.717) is 36.8 Å². The number of hydrogen-bond donors (Lipinski definition) is 2. The highest BCUT2D eigenvalue weighted by molar-refractivity contribution is 5.97. The fourth-order valence-corrected chi connectivity index (χ4v) is 1.51. The van der Waals surface area contributed by atoms with Crippen molar-refractivity contribution in [2.45, 2.75) is 13.8 Å². The van der Waals surface area contributed by atoms with E-state index < -0.39 is 0 Å². The molecule has 18 heavy (non-hydrogen) atoms. The third kappa shape index (κ3) is 3.59. The van der Waals surface area contributed by atoms with Gasteiger partial charge < -0.3 is 15.8 Å². The predicted molar refractivity (Wildman–Crippen MR) is 70.3 cm³/mol. The molecule has 0 fully saturated rings. The van der Waals surface area contributed by atoms with Crippen LogP contribution in [0.15, 0.2) is 12.2 Å². The third-order valence-electron chi connectivity index (χ3n) is 2.36. The smallest absolute Gasteiger partial charge is 0.271 e. The average molecular weight is 252 g/mol. The van der Waals surface area contributed by atoms with Gasteiger partial charge in [-0.05, 0) is 13.8 Å². The number of hydrogen-bond acceptors (Lipinski definition) is 4. The Balaban J connectivity index is 2.44. The molecule has 1 heterocycles. The van der Waals surface area contributed by atoms with Gasteiger partial charge in [-0.2, -0.15) is 5.10 Å². The molecule has 1 amide bonds. The number of aromatic nitrogens is 2. The maximum absolute atomic E-state index is 11.9. The van der Waals surface area contributed by atoms with E-state index in [9.17, 15) is 4.79 Å². The average Bonchev–Trinajstić information content (AvgIpc) is 2.52. The Kier molecular flexibility index (Phi) is 4.91. The molecule has 0 aliphatic carbocycles. The fraction of sp³-hybridized carbons (Fsp3) is 0.500. The van der Waals surface area contributed by atoms with Gasteiger partial charge in [0.2, 0.25) is 0 Å². The summed E-state index contributed by atoms with van der Waals surface area (Å²) in [6.45, 7) is 8.74. The van der Waals surface area contributed by atoms with E-state index in [1.165, 1.54) is 4.68 Å². The Bertz CT molecular complexity index is 451. The Morgan fingerprint density at radius 1 is 1.61 bits per heavy atom. The van der Waals surface area contributed by atoms with Crippen molar-refractivity contribution in [3.63, 3.8) is 0 Å². The summed E-state index contributed by atoms with van der Waals surface area (Å²) in [5.41, 5.74) is 8.19. The van der Waals surface area contributed by atoms with Gasteiger partial charge in [-0.15, -0.1) is 0 Å². The Morgan fingerprint density at radius 3 is 2.78 bits per heavy atom. The molecule has 100 valence electrons. The van der Waals surface area contributed by atoms with Crippen LogP contribution in [-0.2, 0) is 11.8 Å². The Morgan fingerprint density at radius 2 is 2.28 bits per heavy atom. The van der Waals surface area contributed by atoms with Crippen LogP contribution in [0.2, 0.25) is 0 Å². The van der Waals surface area contributed by atoms with Crippen molar-refractivity contribution in [2.75, 3.05) is 25.5 Å². The van der Waals surface area contributed by atoms with E-state index in [4.69, 9.17) is 10.5 Å². The van der Waals surface area contributed by atoms with Crippen molar-refractivity contribution in [2.24, 2.45) is 7.05 Å². The molecule has 3 N–H and O–H groups in total. The number of carbonyl (C=O) groups is 1. The van der Waals surface area contributed by atoms with E-state index in [1.54, 1.807) is 14.0 Å². The van der Waals surface area contributed by atoms with Gasteiger partial charge in [-0.25, -0.2) is 0 Å². The lowest BCUT2D eigenvalue weighted by Gasteiger charge is -2.07. The van der Waals surface area contributed by atoms with Gasteiger partial charge in [0, 0.05) is 13.6 Å². The normalized spacial score (nSPS) is 10.4. The minimum absolute atomic E-state index is 0.241. The molecule has 0 atom stereocenters. The second kappa shape index (κ2) is 6.20. The minimum Gasteiger partial charge on any atom is -0.395 e. The van der Waals surface area contributed by atoms with Crippen LogP contribution in [0.3, 0.4) is 0 Å². The molecule has 0 aliphatic rings. The first-order chi connectivity index (χ1) is 8.43. The first-order valence-corrected chi connectivity index (χ1v) is 5.73. The van der Waals surface area contributed by atoms with Crippen molar-refractivity contribution >= 4 is 11.6 Å². The van der Waals surface area contributed by atoms with Crippen molar-refractivity contribution in [1.82, 2.24) is 15.1 Å². The molecule has 1 rings (SSSR count). The molecular weight excluding hydrogens is 232 g/mol. The standard InChI is InChI=1S/C12H20N4O2/c1-8(2)7-18-6-5-14-12(17)11-10(13)9(3)15-16(11)4/h1,5-7,13H2,2-4H3,(H,14,17). The number of carbonyl (C=O) groups excluding carboxylic acids is 1. The zero-order valence-corrected chi connectivity index (χ0v) is 11.1. The number of aryl methyl sites for hydroxylation is 2. The number of nitrogens with two attached hydrogens (primary N) is 1. The molecule has 6 nitrogen and oxygen atoms in total. The van der Waals surface area contributed by atoms with Gasteiger partial charge >= 0.3 is 0 Å². The highest BCUT2D eigenvalue weighted by Crippen LogP contribution is 2.14. The van der Waals surface area contributed by atoms with E-state index in [0.717, 1.165) is 5.57 Å². The molecule has 6 heteroatoms. The van der Waals surface area contributed by atoms with Crippen molar-refractivity contribution in [3.05, 3.63) is 23.5 Å². The lowest BCUT2D eigenvalue weighted by atomic mass is 10.3. The summed E-state index contributed by atoms with van der Waals surface area (Å²) in [6.07, 6.45) is 0.